The van der Waals surface area contributed by atoms with Crippen molar-refractivity contribution >= 4 is 29.0 Å². The van der Waals surface area contributed by atoms with E-state index in [1.165, 1.54) is 12.1 Å². The maximum atomic E-state index is 13.3. The van der Waals surface area contributed by atoms with E-state index in [4.69, 9.17) is 9.72 Å². The van der Waals surface area contributed by atoms with Crippen LogP contribution in [0.1, 0.15) is 74.0 Å². The lowest BCUT2D eigenvalue weighted by atomic mass is 9.86. The molecule has 0 atom stereocenters. The van der Waals surface area contributed by atoms with Crippen molar-refractivity contribution in [2.75, 3.05) is 38.1 Å². The van der Waals surface area contributed by atoms with Crippen LogP contribution in [-0.4, -0.2) is 74.8 Å². The largest absolute Gasteiger partial charge is 0.444 e. The number of nitrogens with one attached hydrogen (secondary N) is 1. The van der Waals surface area contributed by atoms with Crippen LogP contribution in [0, 0.1) is 5.92 Å². The summed E-state index contributed by atoms with van der Waals surface area (Å²) >= 11 is 0. The number of fused-ring (bicyclic) bond motifs is 1. The summed E-state index contributed by atoms with van der Waals surface area (Å²) in [6.07, 6.45) is -1.64. The summed E-state index contributed by atoms with van der Waals surface area (Å²) in [6.45, 7) is 8.84. The molecule has 2 fully saturated rings. The summed E-state index contributed by atoms with van der Waals surface area (Å²) in [5, 5.41) is 12.4. The summed E-state index contributed by atoms with van der Waals surface area (Å²) < 4.78 is 47.4. The fourth-order valence-electron chi connectivity index (χ4n) is 5.97. The van der Waals surface area contributed by atoms with E-state index in [1.807, 2.05) is 43.5 Å². The van der Waals surface area contributed by atoms with Crippen LogP contribution in [0.15, 0.2) is 42.5 Å². The topological polar surface area (TPSA) is 99.9 Å². The molecule has 44 heavy (non-hydrogen) atoms. The Labute approximate surface area is 255 Å². The van der Waals surface area contributed by atoms with Gasteiger partial charge in [-0.15, -0.1) is 0 Å². The maximum absolute atomic E-state index is 13.3. The number of aliphatic hydroxyl groups excluding tert-OH is 1. The van der Waals surface area contributed by atoms with Gasteiger partial charge < -0.3 is 19.3 Å². The minimum absolute atomic E-state index is 0.0198. The zero-order chi connectivity index (χ0) is 31.6. The standard InChI is InChI=1S/C32H40F3N5O4/c1-31(2,3)44-30(43)39-15-13-38(14-16-39)19-22-9-12-27-26(17-22)36-29(40(27)25-10-7-21(20-41)8-11-25)37-28(42)23-5-4-6-24(18-23)32(33,34)35/h4-6,9,12,17-18,21,25,41H,7-8,10-11,13-16,19-20H2,1-3H3,(H,36,37,42). The molecule has 9 nitrogen and oxygen atoms in total. The summed E-state index contributed by atoms with van der Waals surface area (Å²) in [4.78, 5) is 34.3. The molecule has 0 unspecified atom stereocenters. The highest BCUT2D eigenvalue weighted by atomic mass is 19.4. The first kappa shape index (κ1) is 31.8. The van der Waals surface area contributed by atoms with Crippen molar-refractivity contribution in [1.29, 1.82) is 0 Å². The quantitative estimate of drug-likeness (QED) is 0.349. The van der Waals surface area contributed by atoms with Gasteiger partial charge in [0.1, 0.15) is 5.60 Å². The number of benzene rings is 2. The van der Waals surface area contributed by atoms with Crippen LogP contribution in [0.25, 0.3) is 11.0 Å². The number of halogens is 3. The molecule has 0 bridgehead atoms. The third-order valence-corrected chi connectivity index (χ3v) is 8.30. The van der Waals surface area contributed by atoms with Crippen molar-refractivity contribution < 1.29 is 32.6 Å². The third-order valence-electron chi connectivity index (χ3n) is 8.30. The van der Waals surface area contributed by atoms with Crippen LogP contribution >= 0.6 is 0 Å². The minimum atomic E-state index is -4.56. The van der Waals surface area contributed by atoms with E-state index < -0.39 is 23.2 Å². The summed E-state index contributed by atoms with van der Waals surface area (Å²) in [7, 11) is 0. The zero-order valence-electron chi connectivity index (χ0n) is 25.4. The Morgan fingerprint density at radius 3 is 2.34 bits per heavy atom. The van der Waals surface area contributed by atoms with E-state index in [2.05, 4.69) is 10.2 Å². The number of carbonyl (C=O) groups excluding carboxylic acids is 2. The van der Waals surface area contributed by atoms with Crippen molar-refractivity contribution in [1.82, 2.24) is 19.4 Å². The second-order valence-corrected chi connectivity index (χ2v) is 12.8. The number of ether oxygens (including phenoxy) is 1. The van der Waals surface area contributed by atoms with Crippen molar-refractivity contribution in [3.05, 3.63) is 59.2 Å². The van der Waals surface area contributed by atoms with Gasteiger partial charge in [-0.3, -0.25) is 15.0 Å². The van der Waals surface area contributed by atoms with Crippen molar-refractivity contribution in [2.24, 2.45) is 5.92 Å². The number of alkyl halides is 3. The Kier molecular flexibility index (Phi) is 9.22. The average molecular weight is 616 g/mol. The Balaban J connectivity index is 1.35. The first-order valence-electron chi connectivity index (χ1n) is 15.1. The summed E-state index contributed by atoms with van der Waals surface area (Å²) in [5.74, 6) is -0.149. The molecule has 1 aliphatic heterocycles. The zero-order valence-corrected chi connectivity index (χ0v) is 25.4. The van der Waals surface area contributed by atoms with Crippen LogP contribution in [0.5, 0.6) is 0 Å². The van der Waals surface area contributed by atoms with E-state index >= 15 is 0 Å². The van der Waals surface area contributed by atoms with E-state index in [9.17, 15) is 27.9 Å². The number of carbonyl (C=O) groups is 2. The molecule has 1 aliphatic carbocycles. The van der Waals surface area contributed by atoms with Gasteiger partial charge in [-0.1, -0.05) is 12.1 Å². The molecule has 0 radical (unpaired) electrons. The van der Waals surface area contributed by atoms with Crippen LogP contribution in [-0.2, 0) is 17.5 Å². The van der Waals surface area contributed by atoms with Crippen LogP contribution < -0.4 is 5.32 Å². The van der Waals surface area contributed by atoms with Crippen LogP contribution in [0.2, 0.25) is 0 Å². The fraction of sp³-hybridized carbons (Fsp3) is 0.531. The maximum Gasteiger partial charge on any atom is 0.416 e. The minimum Gasteiger partial charge on any atom is -0.444 e. The molecule has 0 spiro atoms. The number of piperazine rings is 1. The van der Waals surface area contributed by atoms with Crippen LogP contribution in [0.4, 0.5) is 23.9 Å². The lowest BCUT2D eigenvalue weighted by Crippen LogP contribution is -2.49. The number of hydrogen-bond donors (Lipinski definition) is 2. The number of rotatable bonds is 6. The molecule has 3 aromatic rings. The molecular weight excluding hydrogens is 575 g/mol. The molecule has 1 saturated heterocycles. The van der Waals surface area contributed by atoms with Gasteiger partial charge in [0, 0.05) is 50.9 Å². The Hall–Kier alpha value is -3.64. The summed E-state index contributed by atoms with van der Waals surface area (Å²) in [6, 6.07) is 10.4. The lowest BCUT2D eigenvalue weighted by Gasteiger charge is -2.35. The fourth-order valence-corrected chi connectivity index (χ4v) is 5.97. The number of anilines is 1. The van der Waals surface area contributed by atoms with E-state index in [1.54, 1.807) is 4.90 Å². The van der Waals surface area contributed by atoms with E-state index in [0.717, 1.165) is 48.9 Å². The second-order valence-electron chi connectivity index (χ2n) is 12.8. The Morgan fingerprint density at radius 2 is 1.70 bits per heavy atom. The molecule has 2 aliphatic rings. The Bertz CT molecular complexity index is 1480. The molecular formula is C32H40F3N5O4. The molecule has 1 saturated carbocycles. The predicted octanol–water partition coefficient (Wildman–Crippen LogP) is 6.08. The van der Waals surface area contributed by atoms with Gasteiger partial charge in [-0.05, 0) is 88.3 Å². The molecule has 2 heterocycles. The predicted molar refractivity (Wildman–Crippen MR) is 160 cm³/mol. The van der Waals surface area contributed by atoms with Gasteiger partial charge >= 0.3 is 12.3 Å². The molecule has 2 N–H and O–H groups in total. The smallest absolute Gasteiger partial charge is 0.416 e. The van der Waals surface area contributed by atoms with Gasteiger partial charge in [-0.2, -0.15) is 13.2 Å². The van der Waals surface area contributed by atoms with Gasteiger partial charge in [-0.25, -0.2) is 9.78 Å². The van der Waals surface area contributed by atoms with Gasteiger partial charge in [0.25, 0.3) is 5.91 Å². The number of aromatic nitrogens is 2. The monoisotopic (exact) mass is 615 g/mol. The van der Waals surface area contributed by atoms with Crippen LogP contribution in [0.3, 0.4) is 0 Å². The number of amides is 2. The number of aliphatic hydroxyl groups is 1. The molecule has 2 aromatic carbocycles. The molecule has 1 aromatic heterocycles. The van der Waals surface area contributed by atoms with Gasteiger partial charge in [0.05, 0.1) is 16.6 Å². The third kappa shape index (κ3) is 7.52. The van der Waals surface area contributed by atoms with E-state index in [-0.39, 0.29) is 36.2 Å². The van der Waals surface area contributed by atoms with Gasteiger partial charge in [0.15, 0.2) is 0 Å². The molecule has 2 amide bonds. The highest BCUT2D eigenvalue weighted by Crippen LogP contribution is 2.37. The normalized spacial score (nSPS) is 20.1. The first-order valence-corrected chi connectivity index (χ1v) is 15.1. The summed E-state index contributed by atoms with van der Waals surface area (Å²) in [5.41, 5.74) is 0.990. The molecule has 5 rings (SSSR count). The Morgan fingerprint density at radius 1 is 1.00 bits per heavy atom. The number of hydrogen-bond acceptors (Lipinski definition) is 6. The van der Waals surface area contributed by atoms with Crippen molar-refractivity contribution in [2.45, 2.75) is 70.8 Å². The first-order chi connectivity index (χ1) is 20.8. The highest BCUT2D eigenvalue weighted by Gasteiger charge is 2.32. The van der Waals surface area contributed by atoms with E-state index in [0.29, 0.717) is 38.2 Å². The average Bonchev–Trinajstić information content (AvgIpc) is 3.33. The SMILES string of the molecule is CC(C)(C)OC(=O)N1CCN(Cc2ccc3c(c2)nc(NC(=O)c2cccc(C(F)(F)F)c2)n3C2CCC(CO)CC2)CC1. The number of nitrogens with zero attached hydrogens (tertiary/aromatic N) is 4. The second kappa shape index (κ2) is 12.8. The highest BCUT2D eigenvalue weighted by molar-refractivity contribution is 6.04. The van der Waals surface area contributed by atoms with Crippen molar-refractivity contribution in [3.63, 3.8) is 0 Å². The molecule has 238 valence electrons. The van der Waals surface area contributed by atoms with Gasteiger partial charge in [0.2, 0.25) is 5.95 Å². The van der Waals surface area contributed by atoms with Crippen molar-refractivity contribution in [3.8, 4) is 0 Å². The number of imidazole rings is 1. The molecule has 12 heteroatoms. The lowest BCUT2D eigenvalue weighted by molar-refractivity contribution is -0.137.